The quantitative estimate of drug-likeness (QED) is 0.542. The molecule has 1 saturated heterocycles. The Morgan fingerprint density at radius 1 is 1.64 bits per heavy atom. The molecule has 2 unspecified atom stereocenters. The van der Waals surface area contributed by atoms with Crippen molar-refractivity contribution in [3.8, 4) is 0 Å². The highest BCUT2D eigenvalue weighted by Crippen LogP contribution is 2.56. The molecule has 0 aromatic heterocycles. The van der Waals surface area contributed by atoms with Crippen molar-refractivity contribution in [3.05, 3.63) is 0 Å². The van der Waals surface area contributed by atoms with Crippen molar-refractivity contribution < 1.29 is 18.6 Å². The summed E-state index contributed by atoms with van der Waals surface area (Å²) in [6, 6.07) is -0.978. The number of ether oxygens (including phenoxy) is 1. The van der Waals surface area contributed by atoms with Crippen LogP contribution in [0.4, 0.5) is 8.78 Å². The van der Waals surface area contributed by atoms with E-state index in [1.54, 1.807) is 0 Å². The van der Waals surface area contributed by atoms with Crippen LogP contribution in [0.25, 0.3) is 0 Å². The fraction of sp³-hybridized carbons (Fsp3) is 1.00. The Kier molecular flexibility index (Phi) is 1.28. The van der Waals surface area contributed by atoms with E-state index in [-0.39, 0.29) is 6.61 Å². The van der Waals surface area contributed by atoms with Crippen LogP contribution in [-0.2, 0) is 4.74 Å². The van der Waals surface area contributed by atoms with E-state index >= 15 is 0 Å². The lowest BCUT2D eigenvalue weighted by atomic mass is 10.3. The average Bonchev–Trinajstić information content (AvgIpc) is 2.52. The molecule has 2 aliphatic rings. The minimum atomic E-state index is -2.89. The molecule has 2 atom stereocenters. The summed E-state index contributed by atoms with van der Waals surface area (Å²) in [5, 5.41) is 11.3. The summed E-state index contributed by atoms with van der Waals surface area (Å²) >= 11 is 0. The van der Waals surface area contributed by atoms with Crippen LogP contribution in [0.3, 0.4) is 0 Å². The fourth-order valence-corrected chi connectivity index (χ4v) is 1.58. The van der Waals surface area contributed by atoms with E-state index in [1.807, 2.05) is 0 Å². The number of aliphatic hydroxyl groups excluding tert-OH is 1. The third-order valence-corrected chi connectivity index (χ3v) is 2.35. The molecule has 3 nitrogen and oxygen atoms in total. The first kappa shape index (κ1) is 7.39. The third kappa shape index (κ3) is 0.660. The van der Waals surface area contributed by atoms with Crippen LogP contribution in [0.1, 0.15) is 0 Å². The fourth-order valence-electron chi connectivity index (χ4n) is 1.58. The van der Waals surface area contributed by atoms with Crippen molar-refractivity contribution in [2.24, 2.45) is 0 Å². The Bertz CT molecular complexity index is 187. The zero-order valence-electron chi connectivity index (χ0n) is 5.81. The molecule has 0 aromatic rings. The highest BCUT2D eigenvalue weighted by atomic mass is 19.3. The largest absolute Gasteiger partial charge is 0.393 e. The van der Waals surface area contributed by atoms with Crippen LogP contribution in [0.15, 0.2) is 0 Å². The van der Waals surface area contributed by atoms with Gasteiger partial charge in [-0.2, -0.15) is 0 Å². The predicted molar refractivity (Wildman–Crippen MR) is 32.5 cm³/mol. The Balaban J connectivity index is 2.20. The summed E-state index contributed by atoms with van der Waals surface area (Å²) in [6.07, 6.45) is 0. The minimum Gasteiger partial charge on any atom is -0.393 e. The molecule has 1 aliphatic heterocycles. The first-order chi connectivity index (χ1) is 5.15. The molecule has 64 valence electrons. The standard InChI is InChI=1S/C6H9F2NO2/c7-6(8)4-5(6,3-10)11-2-1-9-4/h4,9-10H,1-3H2. The van der Waals surface area contributed by atoms with Gasteiger partial charge in [-0.25, -0.2) is 8.78 Å². The Morgan fingerprint density at radius 2 is 2.36 bits per heavy atom. The van der Waals surface area contributed by atoms with Gasteiger partial charge in [0, 0.05) is 6.54 Å². The van der Waals surface area contributed by atoms with Gasteiger partial charge in [0.25, 0.3) is 5.92 Å². The zero-order chi connectivity index (χ0) is 8.11. The molecule has 1 heterocycles. The lowest BCUT2D eigenvalue weighted by Crippen LogP contribution is -2.40. The van der Waals surface area contributed by atoms with Gasteiger partial charge in [-0.1, -0.05) is 0 Å². The van der Waals surface area contributed by atoms with Crippen LogP contribution in [0, 0.1) is 0 Å². The lowest BCUT2D eigenvalue weighted by molar-refractivity contribution is -0.0830. The number of nitrogens with one attached hydrogen (secondary N) is 1. The number of alkyl halides is 2. The van der Waals surface area contributed by atoms with Crippen molar-refractivity contribution in [2.45, 2.75) is 17.6 Å². The zero-order valence-corrected chi connectivity index (χ0v) is 5.81. The molecule has 0 amide bonds. The normalized spacial score (nSPS) is 46.6. The number of hydrogen-bond donors (Lipinski definition) is 2. The van der Waals surface area contributed by atoms with Crippen molar-refractivity contribution in [2.75, 3.05) is 19.8 Å². The van der Waals surface area contributed by atoms with Gasteiger partial charge < -0.3 is 15.2 Å². The first-order valence-corrected chi connectivity index (χ1v) is 3.51. The molecule has 2 N–H and O–H groups in total. The molecule has 0 aromatic carbocycles. The van der Waals surface area contributed by atoms with E-state index in [2.05, 4.69) is 5.32 Å². The van der Waals surface area contributed by atoms with Crippen LogP contribution >= 0.6 is 0 Å². The molecule has 11 heavy (non-hydrogen) atoms. The monoisotopic (exact) mass is 165 g/mol. The summed E-state index contributed by atoms with van der Waals surface area (Å²) in [7, 11) is 0. The minimum absolute atomic E-state index is 0.243. The highest BCUT2D eigenvalue weighted by molar-refractivity contribution is 5.28. The maximum Gasteiger partial charge on any atom is 0.298 e. The molecular formula is C6H9F2NO2. The summed E-state index contributed by atoms with van der Waals surface area (Å²) in [5.74, 6) is -2.89. The second kappa shape index (κ2) is 1.91. The second-order valence-electron chi connectivity index (χ2n) is 2.91. The average molecular weight is 165 g/mol. The molecular weight excluding hydrogens is 156 g/mol. The summed E-state index contributed by atoms with van der Waals surface area (Å²) in [6.45, 7) is 0.0618. The third-order valence-electron chi connectivity index (χ3n) is 2.35. The summed E-state index contributed by atoms with van der Waals surface area (Å²) < 4.78 is 30.5. The van der Waals surface area contributed by atoms with E-state index in [0.29, 0.717) is 6.54 Å². The van der Waals surface area contributed by atoms with Crippen molar-refractivity contribution in [1.82, 2.24) is 5.32 Å². The number of rotatable bonds is 1. The van der Waals surface area contributed by atoms with E-state index in [4.69, 9.17) is 9.84 Å². The number of aliphatic hydroxyl groups is 1. The van der Waals surface area contributed by atoms with Gasteiger partial charge >= 0.3 is 0 Å². The van der Waals surface area contributed by atoms with Crippen molar-refractivity contribution in [1.29, 1.82) is 0 Å². The number of halogens is 2. The number of hydrogen-bond acceptors (Lipinski definition) is 3. The van der Waals surface area contributed by atoms with Crippen LogP contribution in [-0.4, -0.2) is 42.4 Å². The first-order valence-electron chi connectivity index (χ1n) is 3.51. The Morgan fingerprint density at radius 3 is 2.82 bits per heavy atom. The van der Waals surface area contributed by atoms with Crippen molar-refractivity contribution >= 4 is 0 Å². The van der Waals surface area contributed by atoms with Gasteiger partial charge in [0.2, 0.25) is 0 Å². The van der Waals surface area contributed by atoms with Crippen LogP contribution in [0.2, 0.25) is 0 Å². The molecule has 0 radical (unpaired) electrons. The van der Waals surface area contributed by atoms with Crippen LogP contribution < -0.4 is 5.32 Å². The molecule has 2 fully saturated rings. The molecule has 1 aliphatic carbocycles. The maximum absolute atomic E-state index is 12.8. The van der Waals surface area contributed by atoms with Crippen molar-refractivity contribution in [3.63, 3.8) is 0 Å². The van der Waals surface area contributed by atoms with Crippen LogP contribution in [0.5, 0.6) is 0 Å². The number of morpholine rings is 1. The Hall–Kier alpha value is -0.260. The topological polar surface area (TPSA) is 41.5 Å². The van der Waals surface area contributed by atoms with Gasteiger partial charge in [0.15, 0.2) is 5.60 Å². The smallest absolute Gasteiger partial charge is 0.298 e. The van der Waals surface area contributed by atoms with Gasteiger partial charge in [-0.15, -0.1) is 0 Å². The number of fused-ring (bicyclic) bond motifs is 1. The van der Waals surface area contributed by atoms with E-state index < -0.39 is 24.2 Å². The SMILES string of the molecule is OCC12OCCNC1C2(F)F. The predicted octanol–water partition coefficient (Wildman–Crippen LogP) is -0.645. The Labute approximate surface area is 62.3 Å². The second-order valence-corrected chi connectivity index (χ2v) is 2.91. The molecule has 0 bridgehead atoms. The van der Waals surface area contributed by atoms with E-state index in [0.717, 1.165) is 0 Å². The lowest BCUT2D eigenvalue weighted by Gasteiger charge is -2.18. The molecule has 1 saturated carbocycles. The molecule has 5 heteroatoms. The van der Waals surface area contributed by atoms with Gasteiger partial charge in [0.05, 0.1) is 13.2 Å². The summed E-state index contributed by atoms with van der Waals surface area (Å²) in [5.41, 5.74) is -1.61. The van der Waals surface area contributed by atoms with Gasteiger partial charge in [-0.05, 0) is 0 Å². The molecule has 2 rings (SSSR count). The molecule has 0 spiro atoms. The maximum atomic E-state index is 12.8. The summed E-state index contributed by atoms with van der Waals surface area (Å²) in [4.78, 5) is 0. The van der Waals surface area contributed by atoms with Gasteiger partial charge in [0.1, 0.15) is 6.04 Å². The van der Waals surface area contributed by atoms with Gasteiger partial charge in [-0.3, -0.25) is 0 Å². The van der Waals surface area contributed by atoms with E-state index in [9.17, 15) is 8.78 Å². The van der Waals surface area contributed by atoms with E-state index in [1.165, 1.54) is 0 Å². The highest BCUT2D eigenvalue weighted by Gasteiger charge is 2.83.